The molecular formula is C14H11Cl2N5S. The molecule has 5 nitrogen and oxygen atoms in total. The van der Waals surface area contributed by atoms with Crippen molar-refractivity contribution in [2.24, 2.45) is 7.05 Å². The molecule has 0 aliphatic heterocycles. The van der Waals surface area contributed by atoms with Crippen molar-refractivity contribution in [3.8, 4) is 11.5 Å². The third-order valence-corrected chi connectivity index (χ3v) is 4.66. The normalized spacial score (nSPS) is 10.9. The van der Waals surface area contributed by atoms with Gasteiger partial charge in [0.25, 0.3) is 0 Å². The summed E-state index contributed by atoms with van der Waals surface area (Å²) in [7, 11) is 1.90. The Hall–Kier alpha value is -1.63. The molecule has 0 bridgehead atoms. The number of rotatable bonds is 4. The van der Waals surface area contributed by atoms with Crippen LogP contribution in [-0.4, -0.2) is 24.7 Å². The molecule has 2 heterocycles. The van der Waals surface area contributed by atoms with Gasteiger partial charge < -0.3 is 4.57 Å². The zero-order valence-electron chi connectivity index (χ0n) is 11.6. The first-order valence-corrected chi connectivity index (χ1v) is 8.12. The van der Waals surface area contributed by atoms with Gasteiger partial charge in [0.15, 0.2) is 11.0 Å². The van der Waals surface area contributed by atoms with Crippen molar-refractivity contribution in [1.82, 2.24) is 24.7 Å². The van der Waals surface area contributed by atoms with Crippen LogP contribution in [0.1, 0.15) is 5.56 Å². The molecule has 0 aliphatic rings. The van der Waals surface area contributed by atoms with Gasteiger partial charge in [-0.25, -0.2) is 4.98 Å². The van der Waals surface area contributed by atoms with Gasteiger partial charge in [-0.3, -0.25) is 4.98 Å². The van der Waals surface area contributed by atoms with E-state index in [9.17, 15) is 0 Å². The van der Waals surface area contributed by atoms with Crippen molar-refractivity contribution in [3.05, 3.63) is 52.4 Å². The highest BCUT2D eigenvalue weighted by atomic mass is 35.5. The first-order valence-electron chi connectivity index (χ1n) is 6.37. The van der Waals surface area contributed by atoms with E-state index in [-0.39, 0.29) is 0 Å². The van der Waals surface area contributed by atoms with Crippen LogP contribution in [0, 0.1) is 0 Å². The quantitative estimate of drug-likeness (QED) is 0.667. The van der Waals surface area contributed by atoms with Gasteiger partial charge in [0, 0.05) is 35.2 Å². The molecule has 1 aromatic carbocycles. The molecule has 0 fully saturated rings. The van der Waals surface area contributed by atoms with E-state index in [1.807, 2.05) is 23.7 Å². The first kappa shape index (κ1) is 15.3. The lowest BCUT2D eigenvalue weighted by atomic mass is 10.2. The van der Waals surface area contributed by atoms with Crippen LogP contribution in [0.5, 0.6) is 0 Å². The van der Waals surface area contributed by atoms with Gasteiger partial charge in [-0.2, -0.15) is 0 Å². The number of hydrogen-bond acceptors (Lipinski definition) is 5. The van der Waals surface area contributed by atoms with Gasteiger partial charge in [-0.15, -0.1) is 10.2 Å². The van der Waals surface area contributed by atoms with E-state index in [1.54, 1.807) is 36.4 Å². The zero-order valence-corrected chi connectivity index (χ0v) is 13.9. The summed E-state index contributed by atoms with van der Waals surface area (Å²) in [6, 6.07) is 5.48. The first-order chi connectivity index (χ1) is 10.6. The van der Waals surface area contributed by atoms with Crippen LogP contribution >= 0.6 is 35.0 Å². The second-order valence-corrected chi connectivity index (χ2v) is 6.27. The van der Waals surface area contributed by atoms with E-state index >= 15 is 0 Å². The van der Waals surface area contributed by atoms with E-state index in [0.717, 1.165) is 10.7 Å². The monoisotopic (exact) mass is 351 g/mol. The molecule has 0 radical (unpaired) electrons. The summed E-state index contributed by atoms with van der Waals surface area (Å²) in [4.78, 5) is 8.28. The largest absolute Gasteiger partial charge is 0.304 e. The lowest BCUT2D eigenvalue weighted by Gasteiger charge is -2.05. The summed E-state index contributed by atoms with van der Waals surface area (Å²) >= 11 is 13.6. The highest BCUT2D eigenvalue weighted by molar-refractivity contribution is 7.98. The lowest BCUT2D eigenvalue weighted by molar-refractivity contribution is 0.791. The molecule has 0 N–H and O–H groups in total. The summed E-state index contributed by atoms with van der Waals surface area (Å²) in [6.07, 6.45) is 4.91. The summed E-state index contributed by atoms with van der Waals surface area (Å²) in [5.74, 6) is 1.36. The average molecular weight is 352 g/mol. The van der Waals surface area contributed by atoms with Crippen LogP contribution in [0.15, 0.2) is 41.9 Å². The minimum atomic E-state index is 0.627. The van der Waals surface area contributed by atoms with Gasteiger partial charge in [0.05, 0.1) is 6.20 Å². The Labute approximate surface area is 141 Å². The Morgan fingerprint density at radius 2 is 2.05 bits per heavy atom. The maximum absolute atomic E-state index is 6.18. The summed E-state index contributed by atoms with van der Waals surface area (Å²) in [5, 5.41) is 10.4. The molecule has 3 aromatic rings. The van der Waals surface area contributed by atoms with Crippen molar-refractivity contribution in [3.63, 3.8) is 0 Å². The van der Waals surface area contributed by atoms with Crippen LogP contribution in [0.4, 0.5) is 0 Å². The highest BCUT2D eigenvalue weighted by Gasteiger charge is 2.13. The van der Waals surface area contributed by atoms with Crippen molar-refractivity contribution >= 4 is 35.0 Å². The molecule has 0 amide bonds. The second kappa shape index (κ2) is 6.64. The predicted molar refractivity (Wildman–Crippen MR) is 88.1 cm³/mol. The van der Waals surface area contributed by atoms with E-state index in [1.165, 1.54) is 0 Å². The third-order valence-electron chi connectivity index (χ3n) is 3.00. The minimum Gasteiger partial charge on any atom is -0.304 e. The summed E-state index contributed by atoms with van der Waals surface area (Å²) in [5.41, 5.74) is 1.69. The molecule has 0 spiro atoms. The highest BCUT2D eigenvalue weighted by Crippen LogP contribution is 2.28. The molecule has 0 saturated carbocycles. The van der Waals surface area contributed by atoms with Crippen LogP contribution in [0.25, 0.3) is 11.5 Å². The Morgan fingerprint density at radius 1 is 1.18 bits per heavy atom. The smallest absolute Gasteiger partial charge is 0.191 e. The maximum atomic E-state index is 6.18. The number of aromatic nitrogens is 5. The fourth-order valence-corrected chi connectivity index (χ4v) is 3.33. The Morgan fingerprint density at radius 3 is 2.77 bits per heavy atom. The maximum Gasteiger partial charge on any atom is 0.191 e. The van der Waals surface area contributed by atoms with Gasteiger partial charge >= 0.3 is 0 Å². The summed E-state index contributed by atoms with van der Waals surface area (Å²) in [6.45, 7) is 0. The van der Waals surface area contributed by atoms with Crippen molar-refractivity contribution in [1.29, 1.82) is 0 Å². The number of halogens is 2. The van der Waals surface area contributed by atoms with Gasteiger partial charge in [0.1, 0.15) is 5.69 Å². The van der Waals surface area contributed by atoms with Gasteiger partial charge in [-0.05, 0) is 17.7 Å². The molecule has 3 rings (SSSR count). The molecule has 8 heteroatoms. The predicted octanol–water partition coefficient (Wildman–Crippen LogP) is 3.87. The molecule has 22 heavy (non-hydrogen) atoms. The minimum absolute atomic E-state index is 0.627. The van der Waals surface area contributed by atoms with Crippen LogP contribution < -0.4 is 0 Å². The molecule has 0 atom stereocenters. The van der Waals surface area contributed by atoms with Crippen LogP contribution in [0.3, 0.4) is 0 Å². The van der Waals surface area contributed by atoms with Crippen molar-refractivity contribution < 1.29 is 0 Å². The number of nitrogens with zero attached hydrogens (tertiary/aromatic N) is 5. The molecule has 112 valence electrons. The van der Waals surface area contributed by atoms with Crippen molar-refractivity contribution in [2.75, 3.05) is 0 Å². The van der Waals surface area contributed by atoms with Crippen LogP contribution in [0.2, 0.25) is 10.0 Å². The average Bonchev–Trinajstić information content (AvgIpc) is 2.88. The number of thioether (sulfide) groups is 1. The van der Waals surface area contributed by atoms with Gasteiger partial charge in [-0.1, -0.05) is 41.0 Å². The van der Waals surface area contributed by atoms with Crippen molar-refractivity contribution in [2.45, 2.75) is 10.9 Å². The second-order valence-electron chi connectivity index (χ2n) is 4.48. The summed E-state index contributed by atoms with van der Waals surface area (Å²) < 4.78 is 1.89. The fraction of sp³-hybridized carbons (Fsp3) is 0.143. The molecule has 0 saturated heterocycles. The molecule has 0 unspecified atom stereocenters. The third kappa shape index (κ3) is 3.24. The van der Waals surface area contributed by atoms with E-state index < -0.39 is 0 Å². The Bertz CT molecular complexity index is 791. The SMILES string of the molecule is Cn1c(SCc2ccc(Cl)cc2Cl)nnc1-c1cnccn1. The fourth-order valence-electron chi connectivity index (χ4n) is 1.86. The molecule has 2 aromatic heterocycles. The van der Waals surface area contributed by atoms with E-state index in [2.05, 4.69) is 20.2 Å². The lowest BCUT2D eigenvalue weighted by Crippen LogP contribution is -1.97. The molecular weight excluding hydrogens is 341 g/mol. The zero-order chi connectivity index (χ0) is 15.5. The number of benzene rings is 1. The standard InChI is InChI=1S/C14H11Cl2N5S/c1-21-13(12-7-17-4-5-18-12)19-20-14(21)22-8-9-2-3-10(15)6-11(9)16/h2-7H,8H2,1H3. The topological polar surface area (TPSA) is 56.5 Å². The Balaban J connectivity index is 1.78. The van der Waals surface area contributed by atoms with E-state index in [0.29, 0.717) is 27.3 Å². The van der Waals surface area contributed by atoms with Gasteiger partial charge in [0.2, 0.25) is 0 Å². The molecule has 0 aliphatic carbocycles. The van der Waals surface area contributed by atoms with Crippen LogP contribution in [-0.2, 0) is 12.8 Å². The number of hydrogen-bond donors (Lipinski definition) is 0. The van der Waals surface area contributed by atoms with E-state index in [4.69, 9.17) is 23.2 Å². The Kier molecular flexibility index (Phi) is 4.61.